The number of anilines is 3. The summed E-state index contributed by atoms with van der Waals surface area (Å²) in [6.45, 7) is 5.92. The topological polar surface area (TPSA) is 69.7 Å². The monoisotopic (exact) mass is 399 g/mol. The molecule has 0 unspecified atom stereocenters. The molecule has 0 aromatic heterocycles. The van der Waals surface area contributed by atoms with E-state index in [9.17, 15) is 13.2 Å². The molecule has 1 saturated heterocycles. The van der Waals surface area contributed by atoms with E-state index in [0.717, 1.165) is 25.0 Å². The summed E-state index contributed by atoms with van der Waals surface area (Å²) in [5.41, 5.74) is 2.85. The van der Waals surface area contributed by atoms with Gasteiger partial charge in [-0.1, -0.05) is 6.08 Å². The summed E-state index contributed by atoms with van der Waals surface area (Å²) in [5, 5.41) is 2.87. The Hall–Kier alpha value is -2.80. The number of hydrogen-bond donors (Lipinski definition) is 1. The lowest BCUT2D eigenvalue weighted by Crippen LogP contribution is -2.29. The maximum Gasteiger partial charge on any atom is 0.255 e. The molecular weight excluding hydrogens is 374 g/mol. The van der Waals surface area contributed by atoms with Crippen LogP contribution in [0.25, 0.3) is 0 Å². The van der Waals surface area contributed by atoms with Crippen LogP contribution in [0.5, 0.6) is 0 Å². The van der Waals surface area contributed by atoms with Gasteiger partial charge in [-0.15, -0.1) is 6.58 Å². The zero-order valence-electron chi connectivity index (χ0n) is 16.0. The van der Waals surface area contributed by atoms with Crippen molar-refractivity contribution in [3.8, 4) is 0 Å². The summed E-state index contributed by atoms with van der Waals surface area (Å²) in [6.07, 6.45) is 5.10. The van der Waals surface area contributed by atoms with Crippen molar-refractivity contribution in [2.75, 3.05) is 40.4 Å². The smallest absolute Gasteiger partial charge is 0.255 e. The molecule has 0 atom stereocenters. The van der Waals surface area contributed by atoms with Crippen LogP contribution < -0.4 is 14.5 Å². The molecule has 0 spiro atoms. The molecule has 0 radical (unpaired) electrons. The van der Waals surface area contributed by atoms with Gasteiger partial charge in [-0.3, -0.25) is 9.10 Å². The van der Waals surface area contributed by atoms with Gasteiger partial charge >= 0.3 is 0 Å². The van der Waals surface area contributed by atoms with E-state index >= 15 is 0 Å². The van der Waals surface area contributed by atoms with Crippen LogP contribution in [-0.2, 0) is 10.0 Å². The van der Waals surface area contributed by atoms with Crippen molar-refractivity contribution in [2.24, 2.45) is 0 Å². The van der Waals surface area contributed by atoms with Crippen LogP contribution in [0.2, 0.25) is 0 Å². The van der Waals surface area contributed by atoms with Crippen molar-refractivity contribution < 1.29 is 13.2 Å². The van der Waals surface area contributed by atoms with Gasteiger partial charge in [-0.05, 0) is 61.4 Å². The van der Waals surface area contributed by atoms with Crippen molar-refractivity contribution >= 4 is 33.0 Å². The van der Waals surface area contributed by atoms with Crippen LogP contribution in [0.15, 0.2) is 61.2 Å². The predicted octanol–water partition coefficient (Wildman–Crippen LogP) is 3.49. The standard InChI is InChI=1S/C21H25N3O3S/c1-3-14-24(28(2,26)27)20-10-6-17(7-11-20)21(25)22-18-8-12-19(13-9-18)23-15-4-5-16-23/h3,6-13H,1,4-5,14-16H2,2H3,(H,22,25). The quantitative estimate of drug-likeness (QED) is 0.724. The molecule has 2 aromatic carbocycles. The van der Waals surface area contributed by atoms with E-state index in [1.807, 2.05) is 24.3 Å². The van der Waals surface area contributed by atoms with Crippen molar-refractivity contribution in [3.63, 3.8) is 0 Å². The van der Waals surface area contributed by atoms with Gasteiger partial charge in [0.05, 0.1) is 18.5 Å². The van der Waals surface area contributed by atoms with Gasteiger partial charge < -0.3 is 10.2 Å². The SMILES string of the molecule is C=CCN(c1ccc(C(=O)Nc2ccc(N3CCCC3)cc2)cc1)S(C)(=O)=O. The Bertz CT molecular complexity index is 932. The Balaban J connectivity index is 1.68. The van der Waals surface area contributed by atoms with Crippen LogP contribution in [0, 0.1) is 0 Å². The Morgan fingerprint density at radius 1 is 1.11 bits per heavy atom. The van der Waals surface area contributed by atoms with Crippen LogP contribution in [0.4, 0.5) is 17.1 Å². The Labute approximate surface area is 166 Å². The number of rotatable bonds is 7. The molecule has 6 nitrogen and oxygen atoms in total. The number of carbonyl (C=O) groups is 1. The van der Waals surface area contributed by atoms with E-state index in [0.29, 0.717) is 11.3 Å². The largest absolute Gasteiger partial charge is 0.372 e. The Morgan fingerprint density at radius 2 is 1.71 bits per heavy atom. The second-order valence-corrected chi connectivity index (χ2v) is 8.73. The number of nitrogens with zero attached hydrogens (tertiary/aromatic N) is 2. The fourth-order valence-corrected chi connectivity index (χ4v) is 4.14. The summed E-state index contributed by atoms with van der Waals surface area (Å²) >= 11 is 0. The summed E-state index contributed by atoms with van der Waals surface area (Å²) in [6, 6.07) is 14.3. The van der Waals surface area contributed by atoms with Gasteiger partial charge in [0, 0.05) is 30.0 Å². The zero-order valence-corrected chi connectivity index (χ0v) is 16.8. The molecule has 0 bridgehead atoms. The molecule has 7 heteroatoms. The van der Waals surface area contributed by atoms with Gasteiger partial charge in [0.15, 0.2) is 0 Å². The Morgan fingerprint density at radius 3 is 2.25 bits per heavy atom. The van der Waals surface area contributed by atoms with Crippen LogP contribution in [0.1, 0.15) is 23.2 Å². The molecule has 3 rings (SSSR count). The van der Waals surface area contributed by atoms with E-state index in [-0.39, 0.29) is 12.5 Å². The molecule has 1 aliphatic rings. The first-order valence-electron chi connectivity index (χ1n) is 9.23. The number of amides is 1. The molecular formula is C21H25N3O3S. The molecule has 148 valence electrons. The lowest BCUT2D eigenvalue weighted by Gasteiger charge is -2.20. The molecule has 1 heterocycles. The first kappa shape index (κ1) is 19.9. The minimum Gasteiger partial charge on any atom is -0.372 e. The lowest BCUT2D eigenvalue weighted by atomic mass is 10.2. The van der Waals surface area contributed by atoms with Gasteiger partial charge in [0.25, 0.3) is 5.91 Å². The molecule has 28 heavy (non-hydrogen) atoms. The normalized spacial score (nSPS) is 14.0. The van der Waals surface area contributed by atoms with Crippen molar-refractivity contribution in [3.05, 3.63) is 66.7 Å². The number of hydrogen-bond acceptors (Lipinski definition) is 4. The second-order valence-electron chi connectivity index (χ2n) is 6.82. The van der Waals surface area contributed by atoms with E-state index in [2.05, 4.69) is 16.8 Å². The van der Waals surface area contributed by atoms with E-state index < -0.39 is 10.0 Å². The van der Waals surface area contributed by atoms with E-state index in [4.69, 9.17) is 0 Å². The Kier molecular flexibility index (Phi) is 6.04. The fourth-order valence-electron chi connectivity index (χ4n) is 3.26. The molecule has 2 aromatic rings. The highest BCUT2D eigenvalue weighted by Gasteiger charge is 2.17. The molecule has 0 aliphatic carbocycles. The third-order valence-corrected chi connectivity index (χ3v) is 5.87. The summed E-state index contributed by atoms with van der Waals surface area (Å²) in [5.74, 6) is -0.241. The molecule has 1 aliphatic heterocycles. The minimum absolute atomic E-state index is 0.174. The first-order valence-corrected chi connectivity index (χ1v) is 11.1. The summed E-state index contributed by atoms with van der Waals surface area (Å²) < 4.78 is 25.0. The van der Waals surface area contributed by atoms with Gasteiger partial charge in [-0.25, -0.2) is 8.42 Å². The van der Waals surface area contributed by atoms with Crippen LogP contribution in [-0.4, -0.2) is 40.2 Å². The van der Waals surface area contributed by atoms with Crippen molar-refractivity contribution in [1.82, 2.24) is 0 Å². The second kappa shape index (κ2) is 8.48. The maximum absolute atomic E-state index is 12.5. The van der Waals surface area contributed by atoms with Crippen molar-refractivity contribution in [1.29, 1.82) is 0 Å². The minimum atomic E-state index is -3.42. The average molecular weight is 400 g/mol. The number of sulfonamides is 1. The molecule has 1 fully saturated rings. The summed E-state index contributed by atoms with van der Waals surface area (Å²) in [4.78, 5) is 14.8. The maximum atomic E-state index is 12.5. The van der Waals surface area contributed by atoms with Gasteiger partial charge in [0.2, 0.25) is 10.0 Å². The fraction of sp³-hybridized carbons (Fsp3) is 0.286. The van der Waals surface area contributed by atoms with Crippen molar-refractivity contribution in [2.45, 2.75) is 12.8 Å². The summed E-state index contributed by atoms with van der Waals surface area (Å²) in [7, 11) is -3.42. The molecule has 1 amide bonds. The van der Waals surface area contributed by atoms with Gasteiger partial charge in [-0.2, -0.15) is 0 Å². The highest BCUT2D eigenvalue weighted by molar-refractivity contribution is 7.92. The predicted molar refractivity (Wildman–Crippen MR) is 115 cm³/mol. The lowest BCUT2D eigenvalue weighted by molar-refractivity contribution is 0.102. The third kappa shape index (κ3) is 4.72. The zero-order chi connectivity index (χ0) is 20.1. The van der Waals surface area contributed by atoms with Crippen LogP contribution >= 0.6 is 0 Å². The van der Waals surface area contributed by atoms with E-state index in [1.54, 1.807) is 24.3 Å². The van der Waals surface area contributed by atoms with E-state index in [1.165, 1.54) is 28.9 Å². The highest BCUT2D eigenvalue weighted by Crippen LogP contribution is 2.23. The average Bonchev–Trinajstić information content (AvgIpc) is 3.21. The first-order chi connectivity index (χ1) is 13.4. The molecule has 0 saturated carbocycles. The number of benzene rings is 2. The van der Waals surface area contributed by atoms with Gasteiger partial charge in [0.1, 0.15) is 0 Å². The number of nitrogens with one attached hydrogen (secondary N) is 1. The number of carbonyl (C=O) groups excluding carboxylic acids is 1. The molecule has 1 N–H and O–H groups in total. The highest BCUT2D eigenvalue weighted by atomic mass is 32.2. The third-order valence-electron chi connectivity index (χ3n) is 4.71. The van der Waals surface area contributed by atoms with Crippen LogP contribution in [0.3, 0.4) is 0 Å².